The Morgan fingerprint density at radius 3 is 2.65 bits per heavy atom. The number of aliphatic hydroxyl groups is 1. The maximum atomic E-state index is 12.9. The van der Waals surface area contributed by atoms with Gasteiger partial charge < -0.3 is 20.9 Å². The summed E-state index contributed by atoms with van der Waals surface area (Å²) in [5, 5.41) is 21.2. The molecule has 6 heteroatoms. The summed E-state index contributed by atoms with van der Waals surface area (Å²) in [5.74, 6) is 0.431. The van der Waals surface area contributed by atoms with Gasteiger partial charge >= 0.3 is 0 Å². The average Bonchev–Trinajstić information content (AvgIpc) is 2.97. The summed E-state index contributed by atoms with van der Waals surface area (Å²) in [6.07, 6.45) is 5.97. The predicted octanol–water partition coefficient (Wildman–Crippen LogP) is 0.914. The number of rotatable bonds is 4. The van der Waals surface area contributed by atoms with Crippen LogP contribution in [0.4, 0.5) is 0 Å². The normalized spacial score (nSPS) is 26.8. The number of hydrogen-bond acceptors (Lipinski definition) is 4. The minimum atomic E-state index is -0.796. The van der Waals surface area contributed by atoms with E-state index >= 15 is 0 Å². The van der Waals surface area contributed by atoms with Crippen molar-refractivity contribution in [2.24, 2.45) is 22.2 Å². The predicted molar refractivity (Wildman–Crippen MR) is 75.3 cm³/mol. The highest BCUT2D eigenvalue weighted by Gasteiger charge is 2.48. The number of oxime groups is 1. The Hall–Kier alpha value is -1.30. The smallest absolute Gasteiger partial charge is 0.236 e. The summed E-state index contributed by atoms with van der Waals surface area (Å²) >= 11 is 0. The molecule has 1 atom stereocenters. The third-order valence-corrected chi connectivity index (χ3v) is 4.81. The lowest BCUT2D eigenvalue weighted by Gasteiger charge is -2.38. The monoisotopic (exact) mass is 283 g/mol. The molecule has 20 heavy (non-hydrogen) atoms. The van der Waals surface area contributed by atoms with Crippen molar-refractivity contribution in [3.63, 3.8) is 0 Å². The van der Waals surface area contributed by atoms with Gasteiger partial charge in [0.1, 0.15) is 5.41 Å². The van der Waals surface area contributed by atoms with Gasteiger partial charge in [0.05, 0.1) is 0 Å². The first-order chi connectivity index (χ1) is 9.64. The quantitative estimate of drug-likeness (QED) is 0.309. The Balaban J connectivity index is 2.12. The van der Waals surface area contributed by atoms with E-state index in [1.807, 2.05) is 4.90 Å². The Bertz CT molecular complexity index is 376. The van der Waals surface area contributed by atoms with Crippen molar-refractivity contribution in [3.05, 3.63) is 0 Å². The number of hydrogen-bond donors (Lipinski definition) is 3. The zero-order valence-corrected chi connectivity index (χ0v) is 11.9. The Labute approximate surface area is 119 Å². The highest BCUT2D eigenvalue weighted by molar-refractivity contribution is 6.07. The van der Waals surface area contributed by atoms with Crippen molar-refractivity contribution < 1.29 is 15.1 Å². The molecule has 6 nitrogen and oxygen atoms in total. The molecule has 0 bridgehead atoms. The molecule has 1 amide bonds. The molecule has 2 fully saturated rings. The fourth-order valence-electron chi connectivity index (χ4n) is 3.62. The molecule has 0 spiro atoms. The number of amides is 1. The summed E-state index contributed by atoms with van der Waals surface area (Å²) in [6, 6.07) is 0. The van der Waals surface area contributed by atoms with E-state index in [1.165, 1.54) is 0 Å². The zero-order chi connectivity index (χ0) is 14.6. The number of nitrogens with zero attached hydrogens (tertiary/aromatic N) is 2. The second kappa shape index (κ2) is 6.43. The van der Waals surface area contributed by atoms with Gasteiger partial charge in [0.25, 0.3) is 0 Å². The molecule has 1 unspecified atom stereocenters. The Morgan fingerprint density at radius 2 is 2.05 bits per heavy atom. The summed E-state index contributed by atoms with van der Waals surface area (Å²) < 4.78 is 0. The van der Waals surface area contributed by atoms with E-state index in [4.69, 9.17) is 16.0 Å². The zero-order valence-electron chi connectivity index (χ0n) is 11.9. The number of piperidine rings is 1. The molecule has 4 N–H and O–H groups in total. The number of carbonyl (C=O) groups is 1. The van der Waals surface area contributed by atoms with Crippen molar-refractivity contribution in [2.45, 2.75) is 44.9 Å². The fourth-order valence-corrected chi connectivity index (χ4v) is 3.62. The molecule has 1 saturated carbocycles. The molecule has 114 valence electrons. The first-order valence-corrected chi connectivity index (χ1v) is 7.52. The highest BCUT2D eigenvalue weighted by atomic mass is 16.4. The van der Waals surface area contributed by atoms with Gasteiger partial charge in [-0.05, 0) is 38.0 Å². The molecule has 0 aromatic carbocycles. The van der Waals surface area contributed by atoms with Gasteiger partial charge in [0.2, 0.25) is 5.91 Å². The molecule has 0 aromatic heterocycles. The second-order valence-electron chi connectivity index (χ2n) is 6.05. The Morgan fingerprint density at radius 1 is 1.35 bits per heavy atom. The van der Waals surface area contributed by atoms with Crippen molar-refractivity contribution in [1.82, 2.24) is 4.90 Å². The van der Waals surface area contributed by atoms with E-state index in [9.17, 15) is 4.79 Å². The van der Waals surface area contributed by atoms with Crippen LogP contribution in [-0.4, -0.2) is 46.7 Å². The van der Waals surface area contributed by atoms with E-state index in [0.29, 0.717) is 25.3 Å². The standard InChI is InChI=1S/C14H25N3O3/c15-12(16-20)14(6-1-2-7-14)13(19)17-8-3-4-11(10-17)5-9-18/h11,18,20H,1-10H2,(H2,15,16). The second-order valence-corrected chi connectivity index (χ2v) is 6.05. The fraction of sp³-hybridized carbons (Fsp3) is 0.857. The summed E-state index contributed by atoms with van der Waals surface area (Å²) in [4.78, 5) is 14.7. The molecular formula is C14H25N3O3. The minimum absolute atomic E-state index is 0.00735. The highest BCUT2D eigenvalue weighted by Crippen LogP contribution is 2.40. The number of nitrogens with two attached hydrogens (primary N) is 1. The van der Waals surface area contributed by atoms with E-state index in [2.05, 4.69) is 5.16 Å². The lowest BCUT2D eigenvalue weighted by Crippen LogP contribution is -2.52. The number of carbonyl (C=O) groups excluding carboxylic acids is 1. The van der Waals surface area contributed by atoms with Crippen LogP contribution in [0.3, 0.4) is 0 Å². The van der Waals surface area contributed by atoms with Crippen LogP contribution in [0.25, 0.3) is 0 Å². The Kier molecular flexibility index (Phi) is 4.86. The van der Waals surface area contributed by atoms with Gasteiger partial charge in [0.15, 0.2) is 5.84 Å². The van der Waals surface area contributed by atoms with Gasteiger partial charge in [-0.15, -0.1) is 0 Å². The van der Waals surface area contributed by atoms with Gasteiger partial charge in [-0.25, -0.2) is 0 Å². The summed E-state index contributed by atoms with van der Waals surface area (Å²) in [7, 11) is 0. The molecule has 0 aromatic rings. The minimum Gasteiger partial charge on any atom is -0.409 e. The van der Waals surface area contributed by atoms with Crippen molar-refractivity contribution in [3.8, 4) is 0 Å². The maximum Gasteiger partial charge on any atom is 0.236 e. The summed E-state index contributed by atoms with van der Waals surface area (Å²) in [6.45, 7) is 1.58. The van der Waals surface area contributed by atoms with Crippen LogP contribution in [0, 0.1) is 11.3 Å². The SMILES string of the molecule is NC(=NO)C1(C(=O)N2CCCC(CCO)C2)CCCC1. The molecular weight excluding hydrogens is 258 g/mol. The van der Waals surface area contributed by atoms with E-state index < -0.39 is 5.41 Å². The largest absolute Gasteiger partial charge is 0.409 e. The van der Waals surface area contributed by atoms with Crippen LogP contribution in [0.15, 0.2) is 5.16 Å². The molecule has 1 heterocycles. The molecule has 2 aliphatic rings. The average molecular weight is 283 g/mol. The van der Waals surface area contributed by atoms with Crippen LogP contribution in [-0.2, 0) is 4.79 Å². The molecule has 1 aliphatic heterocycles. The van der Waals surface area contributed by atoms with Crippen LogP contribution in [0.2, 0.25) is 0 Å². The van der Waals surface area contributed by atoms with Gasteiger partial charge in [-0.1, -0.05) is 18.0 Å². The van der Waals surface area contributed by atoms with E-state index in [-0.39, 0.29) is 18.3 Å². The van der Waals surface area contributed by atoms with Gasteiger partial charge in [-0.3, -0.25) is 4.79 Å². The summed E-state index contributed by atoms with van der Waals surface area (Å²) in [5.41, 5.74) is 5.03. The third-order valence-electron chi connectivity index (χ3n) is 4.81. The topological polar surface area (TPSA) is 99.2 Å². The molecule has 1 aliphatic carbocycles. The van der Waals surface area contributed by atoms with E-state index in [1.54, 1.807) is 0 Å². The number of likely N-dealkylation sites (tertiary alicyclic amines) is 1. The number of amidine groups is 1. The van der Waals surface area contributed by atoms with Crippen molar-refractivity contribution in [2.75, 3.05) is 19.7 Å². The molecule has 1 saturated heterocycles. The van der Waals surface area contributed by atoms with Gasteiger partial charge in [0, 0.05) is 19.7 Å². The van der Waals surface area contributed by atoms with Crippen LogP contribution >= 0.6 is 0 Å². The van der Waals surface area contributed by atoms with Crippen LogP contribution < -0.4 is 5.73 Å². The van der Waals surface area contributed by atoms with Gasteiger partial charge in [-0.2, -0.15) is 0 Å². The first-order valence-electron chi connectivity index (χ1n) is 7.52. The number of aliphatic hydroxyl groups excluding tert-OH is 1. The van der Waals surface area contributed by atoms with Crippen molar-refractivity contribution >= 4 is 11.7 Å². The molecule has 0 radical (unpaired) electrons. The van der Waals surface area contributed by atoms with Crippen molar-refractivity contribution in [1.29, 1.82) is 0 Å². The first kappa shape index (κ1) is 15.1. The van der Waals surface area contributed by atoms with Crippen LogP contribution in [0.1, 0.15) is 44.9 Å². The lowest BCUT2D eigenvalue weighted by atomic mass is 9.82. The van der Waals surface area contributed by atoms with Crippen LogP contribution in [0.5, 0.6) is 0 Å². The lowest BCUT2D eigenvalue weighted by molar-refractivity contribution is -0.140. The maximum absolute atomic E-state index is 12.9. The van der Waals surface area contributed by atoms with E-state index in [0.717, 1.165) is 38.6 Å². The molecule has 2 rings (SSSR count). The third kappa shape index (κ3) is 2.75.